The second-order valence-electron chi connectivity index (χ2n) is 2.70. The van der Waals surface area contributed by atoms with Crippen molar-refractivity contribution in [3.05, 3.63) is 0 Å². The third-order valence-corrected chi connectivity index (χ3v) is 1.81. The van der Waals surface area contributed by atoms with Crippen LogP contribution in [0, 0.1) is 11.8 Å². The predicted molar refractivity (Wildman–Crippen MR) is 31.6 cm³/mol. The highest BCUT2D eigenvalue weighted by molar-refractivity contribution is 4.92. The number of nitrogens with one attached hydrogen (secondary N) is 1. The zero-order valence-electron chi connectivity index (χ0n) is 5.70. The number of hydrogen-bond donors (Lipinski definition) is 1. The lowest BCUT2D eigenvalue weighted by Crippen LogP contribution is -2.17. The summed E-state index contributed by atoms with van der Waals surface area (Å²) >= 11 is 0. The predicted octanol–water partition coefficient (Wildman–Crippen LogP) is 1.40. The van der Waals surface area contributed by atoms with E-state index in [1.165, 1.54) is 0 Å². The normalized spacial score (nSPS) is 32.4. The van der Waals surface area contributed by atoms with E-state index >= 15 is 0 Å². The largest absolute Gasteiger partial charge is 0.392 e. The minimum Gasteiger partial charge on any atom is -0.319 e. The van der Waals surface area contributed by atoms with Crippen molar-refractivity contribution in [3.63, 3.8) is 0 Å². The lowest BCUT2D eigenvalue weighted by atomic mass is 10.3. The Morgan fingerprint density at radius 3 is 2.40 bits per heavy atom. The van der Waals surface area contributed by atoms with Gasteiger partial charge in [-0.1, -0.05) is 0 Å². The van der Waals surface area contributed by atoms with Gasteiger partial charge in [-0.2, -0.15) is 13.2 Å². The fraction of sp³-hybridized carbons (Fsp3) is 1.00. The van der Waals surface area contributed by atoms with Crippen molar-refractivity contribution in [2.45, 2.75) is 12.6 Å². The van der Waals surface area contributed by atoms with Crippen LogP contribution in [0.4, 0.5) is 13.2 Å². The van der Waals surface area contributed by atoms with Crippen molar-refractivity contribution in [1.82, 2.24) is 5.32 Å². The third kappa shape index (κ3) is 1.62. The van der Waals surface area contributed by atoms with E-state index in [0.29, 0.717) is 13.0 Å². The Morgan fingerprint density at radius 2 is 2.10 bits per heavy atom. The maximum absolute atomic E-state index is 11.8. The molecule has 0 aliphatic heterocycles. The minimum absolute atomic E-state index is 0.162. The van der Waals surface area contributed by atoms with Gasteiger partial charge in [0.15, 0.2) is 0 Å². The van der Waals surface area contributed by atoms with Crippen molar-refractivity contribution in [1.29, 1.82) is 0 Å². The monoisotopic (exact) mass is 153 g/mol. The van der Waals surface area contributed by atoms with Gasteiger partial charge in [0.2, 0.25) is 0 Å². The molecule has 60 valence electrons. The summed E-state index contributed by atoms with van der Waals surface area (Å²) in [5.41, 5.74) is 0. The molecule has 1 aliphatic carbocycles. The van der Waals surface area contributed by atoms with Crippen LogP contribution in [-0.2, 0) is 0 Å². The van der Waals surface area contributed by atoms with Crippen molar-refractivity contribution in [3.8, 4) is 0 Å². The van der Waals surface area contributed by atoms with E-state index in [-0.39, 0.29) is 5.92 Å². The first-order valence-electron chi connectivity index (χ1n) is 3.27. The number of halogens is 3. The molecule has 0 radical (unpaired) electrons. The van der Waals surface area contributed by atoms with Crippen molar-refractivity contribution in [2.24, 2.45) is 11.8 Å². The molecule has 0 saturated heterocycles. The van der Waals surface area contributed by atoms with Gasteiger partial charge in [0, 0.05) is 0 Å². The molecule has 10 heavy (non-hydrogen) atoms. The summed E-state index contributed by atoms with van der Waals surface area (Å²) in [5.74, 6) is -1.19. The van der Waals surface area contributed by atoms with Crippen LogP contribution < -0.4 is 5.32 Å². The van der Waals surface area contributed by atoms with Crippen LogP contribution in [0.15, 0.2) is 0 Å². The molecule has 1 saturated carbocycles. The number of hydrogen-bond acceptors (Lipinski definition) is 1. The Hall–Kier alpha value is -0.250. The van der Waals surface area contributed by atoms with E-state index in [1.807, 2.05) is 0 Å². The van der Waals surface area contributed by atoms with Gasteiger partial charge in [0.05, 0.1) is 5.92 Å². The highest BCUT2D eigenvalue weighted by Gasteiger charge is 2.54. The molecular formula is C6H10F3N. The van der Waals surface area contributed by atoms with E-state index in [2.05, 4.69) is 5.32 Å². The summed E-state index contributed by atoms with van der Waals surface area (Å²) in [6, 6.07) is 0. The molecule has 2 atom stereocenters. The van der Waals surface area contributed by atoms with Gasteiger partial charge in [-0.05, 0) is 25.9 Å². The van der Waals surface area contributed by atoms with E-state index in [1.54, 1.807) is 7.05 Å². The van der Waals surface area contributed by atoms with Crippen LogP contribution in [0.1, 0.15) is 6.42 Å². The Balaban J connectivity index is 2.25. The molecule has 0 heterocycles. The topological polar surface area (TPSA) is 12.0 Å². The molecule has 0 aromatic carbocycles. The molecular weight excluding hydrogens is 143 g/mol. The summed E-state index contributed by atoms with van der Waals surface area (Å²) in [6.45, 7) is 0.490. The molecule has 1 aliphatic rings. The molecule has 0 bridgehead atoms. The first-order chi connectivity index (χ1) is 4.55. The van der Waals surface area contributed by atoms with Crippen molar-refractivity contribution >= 4 is 0 Å². The molecule has 0 amide bonds. The minimum atomic E-state index is -3.96. The highest BCUT2D eigenvalue weighted by Crippen LogP contribution is 2.49. The quantitative estimate of drug-likeness (QED) is 0.632. The Labute approximate surface area is 57.6 Å². The molecule has 4 heteroatoms. The molecule has 0 spiro atoms. The fourth-order valence-electron chi connectivity index (χ4n) is 1.14. The lowest BCUT2D eigenvalue weighted by molar-refractivity contribution is -0.150. The van der Waals surface area contributed by atoms with Crippen LogP contribution in [-0.4, -0.2) is 19.8 Å². The summed E-state index contributed by atoms with van der Waals surface area (Å²) < 4.78 is 35.4. The van der Waals surface area contributed by atoms with Gasteiger partial charge in [0.25, 0.3) is 0 Å². The smallest absolute Gasteiger partial charge is 0.319 e. The van der Waals surface area contributed by atoms with E-state index < -0.39 is 12.1 Å². The summed E-state index contributed by atoms with van der Waals surface area (Å²) in [7, 11) is 1.67. The van der Waals surface area contributed by atoms with Crippen molar-refractivity contribution in [2.75, 3.05) is 13.6 Å². The van der Waals surface area contributed by atoms with Crippen LogP contribution in [0.3, 0.4) is 0 Å². The van der Waals surface area contributed by atoms with Gasteiger partial charge in [0.1, 0.15) is 0 Å². The molecule has 0 aromatic heterocycles. The van der Waals surface area contributed by atoms with Gasteiger partial charge < -0.3 is 5.32 Å². The molecule has 0 aromatic rings. The van der Waals surface area contributed by atoms with Gasteiger partial charge >= 0.3 is 6.18 Å². The number of rotatable bonds is 2. The second-order valence-corrected chi connectivity index (χ2v) is 2.70. The second kappa shape index (κ2) is 2.42. The van der Waals surface area contributed by atoms with E-state index in [4.69, 9.17) is 0 Å². The first kappa shape index (κ1) is 7.85. The van der Waals surface area contributed by atoms with Crippen LogP contribution in [0.25, 0.3) is 0 Å². The Morgan fingerprint density at radius 1 is 1.50 bits per heavy atom. The maximum atomic E-state index is 11.8. The average Bonchev–Trinajstić information content (AvgIpc) is 2.44. The average molecular weight is 153 g/mol. The van der Waals surface area contributed by atoms with Gasteiger partial charge in [-0.3, -0.25) is 0 Å². The Bertz CT molecular complexity index is 121. The van der Waals surface area contributed by atoms with Crippen molar-refractivity contribution < 1.29 is 13.2 Å². The van der Waals surface area contributed by atoms with Gasteiger partial charge in [-0.15, -0.1) is 0 Å². The summed E-state index contributed by atoms with van der Waals surface area (Å²) in [5, 5.41) is 2.73. The lowest BCUT2D eigenvalue weighted by Gasteiger charge is -2.03. The molecule has 1 fully saturated rings. The zero-order valence-corrected chi connectivity index (χ0v) is 5.70. The standard InChI is InChI=1S/C6H10F3N/c1-10-3-4-2-5(4)6(7,8)9/h4-5,10H,2-3H2,1H3/t4-,5+/m0/s1. The maximum Gasteiger partial charge on any atom is 0.392 e. The van der Waals surface area contributed by atoms with E-state index in [0.717, 1.165) is 0 Å². The van der Waals surface area contributed by atoms with Gasteiger partial charge in [-0.25, -0.2) is 0 Å². The third-order valence-electron chi connectivity index (χ3n) is 1.81. The summed E-state index contributed by atoms with van der Waals surface area (Å²) in [4.78, 5) is 0. The Kier molecular flexibility index (Phi) is 1.90. The van der Waals surface area contributed by atoms with Crippen LogP contribution in [0.2, 0.25) is 0 Å². The van der Waals surface area contributed by atoms with Crippen LogP contribution >= 0.6 is 0 Å². The molecule has 0 unspecified atom stereocenters. The van der Waals surface area contributed by atoms with Crippen LogP contribution in [0.5, 0.6) is 0 Å². The molecule has 1 N–H and O–H groups in total. The highest BCUT2D eigenvalue weighted by atomic mass is 19.4. The SMILES string of the molecule is CNC[C@@H]1C[C@H]1C(F)(F)F. The number of alkyl halides is 3. The van der Waals surface area contributed by atoms with E-state index in [9.17, 15) is 13.2 Å². The summed E-state index contributed by atoms with van der Waals surface area (Å²) in [6.07, 6.45) is -3.65. The molecule has 1 nitrogen and oxygen atoms in total. The zero-order chi connectivity index (χ0) is 7.78. The molecule has 1 rings (SSSR count). The first-order valence-corrected chi connectivity index (χ1v) is 3.27. The fourth-order valence-corrected chi connectivity index (χ4v) is 1.14.